The molecule has 3 N–H and O–H groups in total. The number of carboxylic acids is 1. The van der Waals surface area contributed by atoms with E-state index in [0.29, 0.717) is 11.3 Å². The number of benzene rings is 2. The third-order valence-electron chi connectivity index (χ3n) is 4.37. The van der Waals surface area contributed by atoms with Gasteiger partial charge in [-0.05, 0) is 36.0 Å². The van der Waals surface area contributed by atoms with Crippen molar-refractivity contribution in [3.63, 3.8) is 0 Å². The summed E-state index contributed by atoms with van der Waals surface area (Å²) in [5.74, 6) is -2.23. The molecule has 10 heteroatoms. The van der Waals surface area contributed by atoms with E-state index in [-0.39, 0.29) is 29.1 Å². The number of aromatic carboxylic acids is 1. The number of thioether (sulfide) groups is 1. The fourth-order valence-electron chi connectivity index (χ4n) is 2.85. The van der Waals surface area contributed by atoms with Crippen LogP contribution in [-0.2, 0) is 9.59 Å². The van der Waals surface area contributed by atoms with E-state index in [1.54, 1.807) is 30.3 Å². The Kier molecular flexibility index (Phi) is 6.61. The lowest BCUT2D eigenvalue weighted by Gasteiger charge is -2.12. The second-order valence-electron chi connectivity index (χ2n) is 6.41. The Labute approximate surface area is 181 Å². The minimum absolute atomic E-state index is 0.126. The molecular formula is C21H18N2O7S. The standard InChI is InChI=1S/C21H18N2O7S/c1-30-16-5-3-2-4-12(16)10-17-19(26)23(21(29)31-17)9-8-18(25)22-13-6-7-14(20(27)28)15(24)11-13/h2-7,10-11,24H,8-9H2,1H3,(H,22,25)(H,27,28). The van der Waals surface area contributed by atoms with Gasteiger partial charge in [-0.3, -0.25) is 19.3 Å². The van der Waals surface area contributed by atoms with Crippen LogP contribution in [0.3, 0.4) is 0 Å². The molecule has 3 amide bonds. The van der Waals surface area contributed by atoms with Gasteiger partial charge in [-0.2, -0.15) is 0 Å². The van der Waals surface area contributed by atoms with Gasteiger partial charge in [0.25, 0.3) is 11.1 Å². The molecule has 9 nitrogen and oxygen atoms in total. The SMILES string of the molecule is COc1ccccc1C=C1SC(=O)N(CCC(=O)Nc2ccc(C(=O)O)c(O)c2)C1=O. The Bertz CT molecular complexity index is 1100. The minimum atomic E-state index is -1.30. The van der Waals surface area contributed by atoms with E-state index in [9.17, 15) is 24.3 Å². The number of phenols is 1. The number of nitrogens with zero attached hydrogens (tertiary/aromatic N) is 1. The average Bonchev–Trinajstić information content (AvgIpc) is 2.99. The molecule has 1 fully saturated rings. The maximum absolute atomic E-state index is 12.6. The quantitative estimate of drug-likeness (QED) is 0.557. The largest absolute Gasteiger partial charge is 0.507 e. The van der Waals surface area contributed by atoms with E-state index >= 15 is 0 Å². The Balaban J connectivity index is 1.63. The highest BCUT2D eigenvalue weighted by Gasteiger charge is 2.35. The van der Waals surface area contributed by atoms with Gasteiger partial charge in [-0.25, -0.2) is 4.79 Å². The summed E-state index contributed by atoms with van der Waals surface area (Å²) in [6.07, 6.45) is 1.40. The Morgan fingerprint density at radius 3 is 2.61 bits per heavy atom. The van der Waals surface area contributed by atoms with Gasteiger partial charge in [0, 0.05) is 30.3 Å². The molecule has 0 unspecified atom stereocenters. The summed E-state index contributed by atoms with van der Waals surface area (Å²) < 4.78 is 5.24. The van der Waals surface area contributed by atoms with Gasteiger partial charge in [0.15, 0.2) is 0 Å². The third-order valence-corrected chi connectivity index (χ3v) is 5.28. The molecule has 0 bridgehead atoms. The van der Waals surface area contributed by atoms with Gasteiger partial charge in [0.05, 0.1) is 12.0 Å². The van der Waals surface area contributed by atoms with E-state index in [1.807, 2.05) is 0 Å². The zero-order valence-electron chi connectivity index (χ0n) is 16.3. The molecule has 3 rings (SSSR count). The molecule has 0 aliphatic carbocycles. The van der Waals surface area contributed by atoms with Crippen LogP contribution in [-0.4, -0.2) is 51.8 Å². The zero-order chi connectivity index (χ0) is 22.5. The van der Waals surface area contributed by atoms with Crippen LogP contribution >= 0.6 is 11.8 Å². The molecule has 0 spiro atoms. The highest BCUT2D eigenvalue weighted by atomic mass is 32.2. The molecule has 0 atom stereocenters. The zero-order valence-corrected chi connectivity index (χ0v) is 17.1. The Morgan fingerprint density at radius 1 is 1.19 bits per heavy atom. The number of imide groups is 1. The number of aromatic hydroxyl groups is 1. The smallest absolute Gasteiger partial charge is 0.339 e. The van der Waals surface area contributed by atoms with Gasteiger partial charge in [-0.1, -0.05) is 18.2 Å². The van der Waals surface area contributed by atoms with Gasteiger partial charge in [-0.15, -0.1) is 0 Å². The fraction of sp³-hybridized carbons (Fsp3) is 0.143. The van der Waals surface area contributed by atoms with Crippen molar-refractivity contribution >= 4 is 46.5 Å². The molecule has 2 aromatic rings. The van der Waals surface area contributed by atoms with E-state index < -0.39 is 28.8 Å². The number of carbonyl (C=O) groups excluding carboxylic acids is 3. The van der Waals surface area contributed by atoms with E-state index in [0.717, 1.165) is 28.8 Å². The van der Waals surface area contributed by atoms with Crippen molar-refractivity contribution < 1.29 is 34.1 Å². The number of anilines is 1. The van der Waals surface area contributed by atoms with Crippen LogP contribution in [0.5, 0.6) is 11.5 Å². The van der Waals surface area contributed by atoms with Gasteiger partial charge < -0.3 is 20.3 Å². The van der Waals surface area contributed by atoms with E-state index in [1.165, 1.54) is 13.2 Å². The summed E-state index contributed by atoms with van der Waals surface area (Å²) in [4.78, 5) is 49.1. The van der Waals surface area contributed by atoms with Crippen molar-refractivity contribution in [1.82, 2.24) is 4.90 Å². The van der Waals surface area contributed by atoms with E-state index in [2.05, 4.69) is 5.32 Å². The first-order valence-electron chi connectivity index (χ1n) is 9.04. The van der Waals surface area contributed by atoms with Gasteiger partial charge in [0.1, 0.15) is 17.1 Å². The van der Waals surface area contributed by atoms with Crippen LogP contribution in [0.2, 0.25) is 0 Å². The lowest BCUT2D eigenvalue weighted by Crippen LogP contribution is -2.31. The summed E-state index contributed by atoms with van der Waals surface area (Å²) in [6.45, 7) is -0.126. The number of carbonyl (C=O) groups is 4. The fourth-order valence-corrected chi connectivity index (χ4v) is 3.70. The molecular weight excluding hydrogens is 424 g/mol. The number of ether oxygens (including phenoxy) is 1. The summed E-state index contributed by atoms with van der Waals surface area (Å²) in [6, 6.07) is 10.7. The molecule has 1 saturated heterocycles. The second kappa shape index (κ2) is 9.35. The molecule has 2 aromatic carbocycles. The predicted octanol–water partition coefficient (Wildman–Crippen LogP) is 3.16. The predicted molar refractivity (Wildman–Crippen MR) is 114 cm³/mol. The van der Waals surface area contributed by atoms with Crippen LogP contribution in [0.1, 0.15) is 22.3 Å². The van der Waals surface area contributed by atoms with Crippen molar-refractivity contribution in [2.24, 2.45) is 0 Å². The summed E-state index contributed by atoms with van der Waals surface area (Å²) in [5, 5.41) is 20.6. The number of hydrogen-bond donors (Lipinski definition) is 3. The van der Waals surface area contributed by atoms with Crippen LogP contribution in [0.4, 0.5) is 10.5 Å². The molecule has 0 aromatic heterocycles. The molecule has 31 heavy (non-hydrogen) atoms. The Hall–Kier alpha value is -3.79. The molecule has 1 aliphatic rings. The topological polar surface area (TPSA) is 133 Å². The second-order valence-corrected chi connectivity index (χ2v) is 7.40. The highest BCUT2D eigenvalue weighted by molar-refractivity contribution is 8.18. The third kappa shape index (κ3) is 5.04. The van der Waals surface area contributed by atoms with Crippen molar-refractivity contribution in [3.05, 3.63) is 58.5 Å². The first-order valence-corrected chi connectivity index (χ1v) is 9.86. The normalized spacial score (nSPS) is 14.7. The number of amides is 3. The van der Waals surface area contributed by atoms with Gasteiger partial charge >= 0.3 is 5.97 Å². The lowest BCUT2D eigenvalue weighted by molar-refractivity contribution is -0.123. The van der Waals surface area contributed by atoms with Crippen molar-refractivity contribution in [2.75, 3.05) is 19.0 Å². The first kappa shape index (κ1) is 21.9. The minimum Gasteiger partial charge on any atom is -0.507 e. The molecule has 0 saturated carbocycles. The summed E-state index contributed by atoms with van der Waals surface area (Å²) >= 11 is 0.780. The number of rotatable bonds is 7. The summed E-state index contributed by atoms with van der Waals surface area (Å²) in [7, 11) is 1.51. The molecule has 1 heterocycles. The van der Waals surface area contributed by atoms with Crippen LogP contribution in [0, 0.1) is 0 Å². The first-order chi connectivity index (χ1) is 14.8. The van der Waals surface area contributed by atoms with Crippen LogP contribution in [0.15, 0.2) is 47.4 Å². The van der Waals surface area contributed by atoms with Crippen molar-refractivity contribution in [1.29, 1.82) is 0 Å². The maximum Gasteiger partial charge on any atom is 0.339 e. The van der Waals surface area contributed by atoms with Gasteiger partial charge in [0.2, 0.25) is 5.91 Å². The van der Waals surface area contributed by atoms with E-state index in [4.69, 9.17) is 9.84 Å². The average molecular weight is 442 g/mol. The maximum atomic E-state index is 12.6. The molecule has 1 aliphatic heterocycles. The molecule has 160 valence electrons. The number of carboxylic acid groups (broad SMARTS) is 1. The summed E-state index contributed by atoms with van der Waals surface area (Å²) in [5.41, 5.74) is 0.549. The number of para-hydroxylation sites is 1. The monoisotopic (exact) mass is 442 g/mol. The Morgan fingerprint density at radius 2 is 1.94 bits per heavy atom. The van der Waals surface area contributed by atoms with Crippen molar-refractivity contribution in [3.8, 4) is 11.5 Å². The molecule has 0 radical (unpaired) electrons. The highest BCUT2D eigenvalue weighted by Crippen LogP contribution is 2.34. The number of methoxy groups -OCH3 is 1. The number of nitrogens with one attached hydrogen (secondary N) is 1. The lowest BCUT2D eigenvalue weighted by atomic mass is 10.2. The van der Waals surface area contributed by atoms with Crippen molar-refractivity contribution in [2.45, 2.75) is 6.42 Å². The number of hydrogen-bond acceptors (Lipinski definition) is 7. The van der Waals surface area contributed by atoms with Crippen LogP contribution < -0.4 is 10.1 Å². The van der Waals surface area contributed by atoms with Crippen LogP contribution in [0.25, 0.3) is 6.08 Å².